The highest BCUT2D eigenvalue weighted by molar-refractivity contribution is 7.71. The van der Waals surface area contributed by atoms with Gasteiger partial charge >= 0.3 is 0 Å². The van der Waals surface area contributed by atoms with Crippen LogP contribution in [0.3, 0.4) is 0 Å². The van der Waals surface area contributed by atoms with E-state index in [4.69, 9.17) is 21.7 Å². The van der Waals surface area contributed by atoms with Crippen molar-refractivity contribution in [1.29, 1.82) is 0 Å². The monoisotopic (exact) mass is 439 g/mol. The number of benzene rings is 2. The van der Waals surface area contributed by atoms with Crippen LogP contribution in [0.15, 0.2) is 41.2 Å². The first-order valence-electron chi connectivity index (χ1n) is 10.3. The SMILES string of the molecule is COc1ccc(CCn2c(=S)[nH]c3cc(C(=O)N4CCCC4)ccc3c2=O)cc1OC. The standard InChI is InChI=1S/C23H25N3O4S/c1-29-19-8-5-15(13-20(19)30-2)9-12-26-22(28)17-7-6-16(14-18(17)24-23(26)31)21(27)25-10-3-4-11-25/h5-8,13-14H,3-4,9-12H2,1-2H3,(H,24,31). The fourth-order valence-corrected chi connectivity index (χ4v) is 4.25. The Balaban J connectivity index is 1.60. The highest BCUT2D eigenvalue weighted by Gasteiger charge is 2.20. The summed E-state index contributed by atoms with van der Waals surface area (Å²) in [7, 11) is 3.18. The predicted molar refractivity (Wildman–Crippen MR) is 122 cm³/mol. The zero-order valence-electron chi connectivity index (χ0n) is 17.6. The van der Waals surface area contributed by atoms with E-state index in [0.717, 1.165) is 31.5 Å². The summed E-state index contributed by atoms with van der Waals surface area (Å²) in [6.07, 6.45) is 2.67. The van der Waals surface area contributed by atoms with Crippen LogP contribution in [0.5, 0.6) is 11.5 Å². The molecule has 0 spiro atoms. The fourth-order valence-electron chi connectivity index (χ4n) is 3.97. The quantitative estimate of drug-likeness (QED) is 0.595. The molecule has 7 nitrogen and oxygen atoms in total. The normalized spacial score (nSPS) is 13.5. The van der Waals surface area contributed by atoms with Gasteiger partial charge in [-0.1, -0.05) is 6.07 Å². The molecule has 1 saturated heterocycles. The minimum atomic E-state index is -0.167. The van der Waals surface area contributed by atoms with Gasteiger partial charge in [0, 0.05) is 25.2 Å². The van der Waals surface area contributed by atoms with Crippen molar-refractivity contribution in [3.05, 3.63) is 62.6 Å². The minimum Gasteiger partial charge on any atom is -0.493 e. The van der Waals surface area contributed by atoms with Gasteiger partial charge < -0.3 is 19.4 Å². The van der Waals surface area contributed by atoms with Crippen molar-refractivity contribution in [2.24, 2.45) is 0 Å². The van der Waals surface area contributed by atoms with Gasteiger partial charge in [-0.2, -0.15) is 0 Å². The molecule has 0 saturated carbocycles. The number of aromatic amines is 1. The molecule has 2 aromatic carbocycles. The molecule has 1 aromatic heterocycles. The maximum absolute atomic E-state index is 13.1. The molecule has 2 heterocycles. The molecule has 1 amide bonds. The molecular weight excluding hydrogens is 414 g/mol. The van der Waals surface area contributed by atoms with Crippen molar-refractivity contribution in [2.45, 2.75) is 25.8 Å². The van der Waals surface area contributed by atoms with Crippen molar-refractivity contribution < 1.29 is 14.3 Å². The summed E-state index contributed by atoms with van der Waals surface area (Å²) in [6, 6.07) is 10.8. The van der Waals surface area contributed by atoms with E-state index in [2.05, 4.69) is 4.98 Å². The highest BCUT2D eigenvalue weighted by atomic mass is 32.1. The van der Waals surface area contributed by atoms with Crippen molar-refractivity contribution >= 4 is 29.0 Å². The molecule has 3 aromatic rings. The van der Waals surface area contributed by atoms with Gasteiger partial charge in [0.25, 0.3) is 11.5 Å². The predicted octanol–water partition coefficient (Wildman–Crippen LogP) is 3.55. The molecule has 4 rings (SSSR count). The average molecular weight is 440 g/mol. The summed E-state index contributed by atoms with van der Waals surface area (Å²) in [5.41, 5.74) is 2.00. The number of carbonyl (C=O) groups excluding carboxylic acids is 1. The Morgan fingerprint density at radius 1 is 1.06 bits per heavy atom. The lowest BCUT2D eigenvalue weighted by atomic mass is 10.1. The summed E-state index contributed by atoms with van der Waals surface area (Å²) in [5, 5.41) is 0.513. The third-order valence-electron chi connectivity index (χ3n) is 5.69. The van der Waals surface area contributed by atoms with Crippen LogP contribution >= 0.6 is 12.2 Å². The number of H-pyrrole nitrogens is 1. The van der Waals surface area contributed by atoms with Gasteiger partial charge in [0.2, 0.25) is 0 Å². The van der Waals surface area contributed by atoms with Crippen LogP contribution < -0.4 is 15.0 Å². The van der Waals surface area contributed by atoms with E-state index >= 15 is 0 Å². The number of rotatable bonds is 6. The lowest BCUT2D eigenvalue weighted by Gasteiger charge is -2.15. The van der Waals surface area contributed by atoms with Crippen LogP contribution in [-0.4, -0.2) is 47.7 Å². The number of carbonyl (C=O) groups is 1. The molecule has 0 unspecified atom stereocenters. The number of amides is 1. The number of fused-ring (bicyclic) bond motifs is 1. The van der Waals surface area contributed by atoms with E-state index in [-0.39, 0.29) is 11.5 Å². The summed E-state index contributed by atoms with van der Waals surface area (Å²) in [6.45, 7) is 1.99. The topological polar surface area (TPSA) is 76.6 Å². The Morgan fingerprint density at radius 2 is 1.81 bits per heavy atom. The zero-order chi connectivity index (χ0) is 22.0. The third-order valence-corrected chi connectivity index (χ3v) is 6.02. The average Bonchev–Trinajstić information content (AvgIpc) is 3.32. The number of nitrogens with zero attached hydrogens (tertiary/aromatic N) is 2. The van der Waals surface area contributed by atoms with Crippen LogP contribution in [0.25, 0.3) is 10.9 Å². The molecule has 8 heteroatoms. The molecule has 0 aliphatic carbocycles. The second-order valence-corrected chi connectivity index (χ2v) is 7.97. The smallest absolute Gasteiger partial charge is 0.262 e. The number of ether oxygens (including phenoxy) is 2. The summed E-state index contributed by atoms with van der Waals surface area (Å²) in [5.74, 6) is 1.30. The molecular formula is C23H25N3O4S. The van der Waals surface area contributed by atoms with E-state index in [9.17, 15) is 9.59 Å². The van der Waals surface area contributed by atoms with Crippen LogP contribution in [0.2, 0.25) is 0 Å². The Hall–Kier alpha value is -3.13. The molecule has 0 bridgehead atoms. The van der Waals surface area contributed by atoms with Gasteiger partial charge in [-0.15, -0.1) is 0 Å². The summed E-state index contributed by atoms with van der Waals surface area (Å²) in [4.78, 5) is 30.7. The first kappa shape index (κ1) is 21.1. The number of aryl methyl sites for hydroxylation is 1. The number of likely N-dealkylation sites (tertiary alicyclic amines) is 1. The molecule has 0 radical (unpaired) electrons. The third kappa shape index (κ3) is 4.20. The molecule has 0 atom stereocenters. The van der Waals surface area contributed by atoms with E-state index in [1.54, 1.807) is 37.0 Å². The number of nitrogens with one attached hydrogen (secondary N) is 1. The molecule has 1 aliphatic heterocycles. The summed E-state index contributed by atoms with van der Waals surface area (Å²) >= 11 is 5.45. The Bertz CT molecular complexity index is 1240. The van der Waals surface area contributed by atoms with Gasteiger partial charge in [0.1, 0.15) is 0 Å². The molecule has 1 fully saturated rings. The first-order valence-corrected chi connectivity index (χ1v) is 10.7. The van der Waals surface area contributed by atoms with Crippen molar-refractivity contribution in [2.75, 3.05) is 27.3 Å². The van der Waals surface area contributed by atoms with Gasteiger partial charge in [0.05, 0.1) is 25.1 Å². The van der Waals surface area contributed by atoms with Crippen LogP contribution in [0.1, 0.15) is 28.8 Å². The van der Waals surface area contributed by atoms with Crippen LogP contribution in [-0.2, 0) is 13.0 Å². The Morgan fingerprint density at radius 3 is 2.52 bits per heavy atom. The molecule has 1 aliphatic rings. The van der Waals surface area contributed by atoms with Crippen molar-refractivity contribution in [3.8, 4) is 11.5 Å². The lowest BCUT2D eigenvalue weighted by Crippen LogP contribution is -2.28. The largest absolute Gasteiger partial charge is 0.493 e. The van der Waals surface area contributed by atoms with Crippen molar-refractivity contribution in [3.63, 3.8) is 0 Å². The molecule has 1 N–H and O–H groups in total. The van der Waals surface area contributed by atoms with Gasteiger partial charge in [-0.25, -0.2) is 0 Å². The van der Waals surface area contributed by atoms with Gasteiger partial charge in [-0.3, -0.25) is 14.2 Å². The van der Waals surface area contributed by atoms with Crippen molar-refractivity contribution in [1.82, 2.24) is 14.5 Å². The number of aromatic nitrogens is 2. The minimum absolute atomic E-state index is 0.00338. The highest BCUT2D eigenvalue weighted by Crippen LogP contribution is 2.27. The van der Waals surface area contributed by atoms with Gasteiger partial charge in [-0.05, 0) is 67.4 Å². The fraction of sp³-hybridized carbons (Fsp3) is 0.348. The van der Waals surface area contributed by atoms with Crippen LogP contribution in [0, 0.1) is 4.77 Å². The Labute approximate surface area is 185 Å². The second kappa shape index (κ2) is 8.93. The van der Waals surface area contributed by atoms with E-state index in [0.29, 0.717) is 45.7 Å². The van der Waals surface area contributed by atoms with Crippen LogP contribution in [0.4, 0.5) is 0 Å². The second-order valence-electron chi connectivity index (χ2n) is 7.59. The van der Waals surface area contributed by atoms with Gasteiger partial charge in [0.15, 0.2) is 16.3 Å². The maximum Gasteiger partial charge on any atom is 0.262 e. The number of hydrogen-bond acceptors (Lipinski definition) is 5. The first-order chi connectivity index (χ1) is 15.0. The summed E-state index contributed by atoms with van der Waals surface area (Å²) < 4.78 is 12.5. The zero-order valence-corrected chi connectivity index (χ0v) is 18.5. The molecule has 31 heavy (non-hydrogen) atoms. The number of methoxy groups -OCH3 is 2. The van der Waals surface area contributed by atoms with E-state index in [1.807, 2.05) is 23.1 Å². The number of hydrogen-bond donors (Lipinski definition) is 1. The molecule has 162 valence electrons. The lowest BCUT2D eigenvalue weighted by molar-refractivity contribution is 0.0793. The maximum atomic E-state index is 13.1. The van der Waals surface area contributed by atoms with E-state index in [1.165, 1.54) is 0 Å². The van der Waals surface area contributed by atoms with E-state index < -0.39 is 0 Å². The Kier molecular flexibility index (Phi) is 6.08.